The van der Waals surface area contributed by atoms with E-state index in [9.17, 15) is 4.79 Å². The fraction of sp³-hybridized carbons (Fsp3) is 0.444. The van der Waals surface area contributed by atoms with Crippen molar-refractivity contribution in [3.05, 3.63) is 42.1 Å². The third kappa shape index (κ3) is 4.82. The van der Waals surface area contributed by atoms with Gasteiger partial charge in [0.05, 0.1) is 5.52 Å². The van der Waals surface area contributed by atoms with Gasteiger partial charge in [0.15, 0.2) is 0 Å². The first-order chi connectivity index (χ1) is 10.8. The number of aromatic nitrogens is 1. The Balaban J connectivity index is 0.00000144. The predicted molar refractivity (Wildman–Crippen MR) is 103 cm³/mol. The summed E-state index contributed by atoms with van der Waals surface area (Å²) in [5, 5.41) is 4.13. The van der Waals surface area contributed by atoms with Crippen LogP contribution in [0.3, 0.4) is 0 Å². The normalized spacial score (nSPS) is 15.9. The average molecular weight is 370 g/mol. The summed E-state index contributed by atoms with van der Waals surface area (Å²) in [6.45, 7) is 0.490. The molecule has 1 aliphatic rings. The van der Waals surface area contributed by atoms with Crippen LogP contribution >= 0.6 is 24.8 Å². The lowest BCUT2D eigenvalue weighted by Crippen LogP contribution is -2.46. The van der Waals surface area contributed by atoms with Gasteiger partial charge in [0.1, 0.15) is 5.69 Å². The van der Waals surface area contributed by atoms with Gasteiger partial charge in [-0.1, -0.05) is 43.5 Å². The zero-order valence-electron chi connectivity index (χ0n) is 13.6. The van der Waals surface area contributed by atoms with E-state index in [0.29, 0.717) is 18.2 Å². The van der Waals surface area contributed by atoms with Crippen molar-refractivity contribution < 1.29 is 4.79 Å². The molecule has 1 atom stereocenters. The molecular weight excluding hydrogens is 345 g/mol. The Morgan fingerprint density at radius 1 is 1.12 bits per heavy atom. The summed E-state index contributed by atoms with van der Waals surface area (Å²) in [4.78, 5) is 16.9. The molecule has 4 nitrogen and oxygen atoms in total. The van der Waals surface area contributed by atoms with Crippen molar-refractivity contribution in [1.82, 2.24) is 10.3 Å². The monoisotopic (exact) mass is 369 g/mol. The number of nitrogens with two attached hydrogens (primary N) is 1. The number of nitrogens with zero attached hydrogens (tertiary/aromatic N) is 1. The van der Waals surface area contributed by atoms with Crippen molar-refractivity contribution in [3.63, 3.8) is 0 Å². The first-order valence-corrected chi connectivity index (χ1v) is 8.14. The summed E-state index contributed by atoms with van der Waals surface area (Å²) in [6, 6.07) is 11.6. The average Bonchev–Trinajstić information content (AvgIpc) is 2.59. The van der Waals surface area contributed by atoms with Crippen LogP contribution in [0.4, 0.5) is 0 Å². The zero-order chi connectivity index (χ0) is 15.4. The minimum absolute atomic E-state index is 0. The van der Waals surface area contributed by atoms with Crippen LogP contribution in [0.2, 0.25) is 0 Å². The van der Waals surface area contributed by atoms with Gasteiger partial charge in [-0.05, 0) is 30.9 Å². The van der Waals surface area contributed by atoms with E-state index in [-0.39, 0.29) is 36.8 Å². The van der Waals surface area contributed by atoms with Gasteiger partial charge in [-0.25, -0.2) is 4.98 Å². The highest BCUT2D eigenvalue weighted by Gasteiger charge is 2.24. The zero-order valence-corrected chi connectivity index (χ0v) is 15.2. The summed E-state index contributed by atoms with van der Waals surface area (Å²) in [5.41, 5.74) is 7.20. The molecule has 1 aromatic carbocycles. The lowest BCUT2D eigenvalue weighted by atomic mass is 9.84. The van der Waals surface area contributed by atoms with Crippen LogP contribution in [-0.2, 0) is 0 Å². The fourth-order valence-electron chi connectivity index (χ4n) is 3.34. The van der Waals surface area contributed by atoms with Gasteiger partial charge in [0.25, 0.3) is 5.91 Å². The number of amides is 1. The Morgan fingerprint density at radius 2 is 1.83 bits per heavy atom. The quantitative estimate of drug-likeness (QED) is 0.862. The van der Waals surface area contributed by atoms with E-state index < -0.39 is 0 Å². The van der Waals surface area contributed by atoms with Crippen LogP contribution in [0.15, 0.2) is 36.4 Å². The lowest BCUT2D eigenvalue weighted by Gasteiger charge is -2.30. The van der Waals surface area contributed by atoms with E-state index in [1.54, 1.807) is 6.07 Å². The Labute approximate surface area is 155 Å². The molecule has 132 valence electrons. The number of carbonyl (C=O) groups excluding carboxylic acids is 1. The van der Waals surface area contributed by atoms with Crippen molar-refractivity contribution in [3.8, 4) is 0 Å². The van der Waals surface area contributed by atoms with Gasteiger partial charge in [-0.3, -0.25) is 4.79 Å². The topological polar surface area (TPSA) is 68.0 Å². The third-order valence-corrected chi connectivity index (χ3v) is 4.62. The number of halogens is 2. The van der Waals surface area contributed by atoms with Crippen molar-refractivity contribution in [2.75, 3.05) is 6.54 Å². The van der Waals surface area contributed by atoms with Gasteiger partial charge in [-0.15, -0.1) is 24.8 Å². The molecule has 1 heterocycles. The van der Waals surface area contributed by atoms with E-state index in [2.05, 4.69) is 10.3 Å². The van der Waals surface area contributed by atoms with Gasteiger partial charge >= 0.3 is 0 Å². The van der Waals surface area contributed by atoms with Crippen LogP contribution in [0.1, 0.15) is 42.6 Å². The molecule has 0 aliphatic heterocycles. The number of nitrogens with one attached hydrogen (secondary N) is 1. The van der Waals surface area contributed by atoms with Crippen LogP contribution < -0.4 is 11.1 Å². The maximum Gasteiger partial charge on any atom is 0.270 e. The highest BCUT2D eigenvalue weighted by molar-refractivity contribution is 5.95. The Hall–Kier alpha value is -1.36. The van der Waals surface area contributed by atoms with E-state index >= 15 is 0 Å². The van der Waals surface area contributed by atoms with Crippen LogP contribution in [0.5, 0.6) is 0 Å². The number of hydrogen-bond donors (Lipinski definition) is 2. The summed E-state index contributed by atoms with van der Waals surface area (Å²) in [6.07, 6.45) is 6.10. The minimum Gasteiger partial charge on any atom is -0.346 e. The number of hydrogen-bond acceptors (Lipinski definition) is 3. The number of carbonyl (C=O) groups is 1. The smallest absolute Gasteiger partial charge is 0.270 e. The van der Waals surface area contributed by atoms with Crippen molar-refractivity contribution in [2.24, 2.45) is 11.7 Å². The Bertz CT molecular complexity index is 660. The molecule has 2 aromatic rings. The molecule has 0 radical (unpaired) electrons. The first kappa shape index (κ1) is 20.7. The van der Waals surface area contributed by atoms with E-state index in [1.807, 2.05) is 30.3 Å². The number of fused-ring (bicyclic) bond motifs is 1. The largest absolute Gasteiger partial charge is 0.346 e. The third-order valence-electron chi connectivity index (χ3n) is 4.62. The second-order valence-corrected chi connectivity index (χ2v) is 6.10. The van der Waals surface area contributed by atoms with Crippen molar-refractivity contribution in [2.45, 2.75) is 38.1 Å². The van der Waals surface area contributed by atoms with Gasteiger partial charge in [0.2, 0.25) is 0 Å². The van der Waals surface area contributed by atoms with Gasteiger partial charge < -0.3 is 11.1 Å². The second-order valence-electron chi connectivity index (χ2n) is 6.10. The van der Waals surface area contributed by atoms with E-state index in [4.69, 9.17) is 5.73 Å². The molecule has 1 saturated carbocycles. The summed E-state index contributed by atoms with van der Waals surface area (Å²) < 4.78 is 0. The molecule has 1 aliphatic carbocycles. The SMILES string of the molecule is Cl.Cl.NCC(NC(=O)c1ccc2ccccc2n1)C1CCCCC1. The fourth-order valence-corrected chi connectivity index (χ4v) is 3.34. The molecule has 6 heteroatoms. The van der Waals surface area contributed by atoms with Gasteiger partial charge in [-0.2, -0.15) is 0 Å². The highest BCUT2D eigenvalue weighted by Crippen LogP contribution is 2.26. The molecule has 1 amide bonds. The number of para-hydroxylation sites is 1. The number of benzene rings is 1. The first-order valence-electron chi connectivity index (χ1n) is 8.14. The van der Waals surface area contributed by atoms with Gasteiger partial charge in [0, 0.05) is 18.0 Å². The highest BCUT2D eigenvalue weighted by atomic mass is 35.5. The second kappa shape index (κ2) is 9.82. The standard InChI is InChI=1S/C18H23N3O.2ClH/c19-12-17(13-6-2-1-3-7-13)21-18(22)16-11-10-14-8-4-5-9-15(14)20-16;;/h4-5,8-11,13,17H,1-3,6-7,12,19H2,(H,21,22);2*1H. The van der Waals surface area contributed by atoms with Crippen LogP contribution in [-0.4, -0.2) is 23.5 Å². The molecule has 24 heavy (non-hydrogen) atoms. The molecule has 0 saturated heterocycles. The summed E-state index contributed by atoms with van der Waals surface area (Å²) in [7, 11) is 0. The molecule has 0 bridgehead atoms. The number of pyridine rings is 1. The Kier molecular flexibility index (Phi) is 8.46. The molecular formula is C18H25Cl2N3O. The Morgan fingerprint density at radius 3 is 2.54 bits per heavy atom. The summed E-state index contributed by atoms with van der Waals surface area (Å²) in [5.74, 6) is 0.384. The minimum atomic E-state index is -0.119. The molecule has 1 aromatic heterocycles. The van der Waals surface area contributed by atoms with E-state index in [0.717, 1.165) is 23.7 Å². The molecule has 3 rings (SSSR count). The molecule has 1 fully saturated rings. The number of rotatable bonds is 4. The maximum atomic E-state index is 12.5. The molecule has 3 N–H and O–H groups in total. The van der Waals surface area contributed by atoms with Crippen molar-refractivity contribution >= 4 is 41.6 Å². The van der Waals surface area contributed by atoms with Crippen LogP contribution in [0.25, 0.3) is 10.9 Å². The predicted octanol–water partition coefficient (Wildman–Crippen LogP) is 3.72. The summed E-state index contributed by atoms with van der Waals surface area (Å²) >= 11 is 0. The lowest BCUT2D eigenvalue weighted by molar-refractivity contribution is 0.0911. The maximum absolute atomic E-state index is 12.5. The van der Waals surface area contributed by atoms with Crippen molar-refractivity contribution in [1.29, 1.82) is 0 Å². The van der Waals surface area contributed by atoms with E-state index in [1.165, 1.54) is 19.3 Å². The molecule has 1 unspecified atom stereocenters. The van der Waals surface area contributed by atoms with Crippen LogP contribution in [0, 0.1) is 5.92 Å². The molecule has 0 spiro atoms.